The Kier molecular flexibility index (Phi) is 5.32. The molecule has 0 unspecified atom stereocenters. The number of ether oxygens (including phenoxy) is 2. The van der Waals surface area contributed by atoms with E-state index in [1.807, 2.05) is 18.2 Å². The molecule has 7 heteroatoms. The Balaban J connectivity index is 1.88. The molecule has 126 valence electrons. The molecule has 1 atom stereocenters. The first-order chi connectivity index (χ1) is 11.7. The van der Waals surface area contributed by atoms with Crippen LogP contribution in [0.3, 0.4) is 0 Å². The van der Waals surface area contributed by atoms with Crippen LogP contribution in [0.15, 0.2) is 30.6 Å². The number of aromatic nitrogens is 2. The number of hydrogen-bond donors (Lipinski definition) is 1. The van der Waals surface area contributed by atoms with Crippen LogP contribution in [0.1, 0.15) is 25.0 Å². The molecule has 0 bridgehead atoms. The van der Waals surface area contributed by atoms with Gasteiger partial charge in [0.2, 0.25) is 0 Å². The van der Waals surface area contributed by atoms with Crippen molar-refractivity contribution in [2.45, 2.75) is 25.6 Å². The molecule has 0 spiro atoms. The van der Waals surface area contributed by atoms with Crippen LogP contribution in [0.25, 0.3) is 11.3 Å². The van der Waals surface area contributed by atoms with Crippen LogP contribution in [-0.2, 0) is 4.65 Å². The second kappa shape index (κ2) is 7.64. The molecule has 0 aliphatic carbocycles. The van der Waals surface area contributed by atoms with Crippen molar-refractivity contribution in [3.05, 3.63) is 36.3 Å². The maximum Gasteiger partial charge on any atom is 0.454 e. The van der Waals surface area contributed by atoms with Gasteiger partial charge in [0.05, 0.1) is 31.3 Å². The highest BCUT2D eigenvalue weighted by molar-refractivity contribution is 6.43. The predicted octanol–water partition coefficient (Wildman–Crippen LogP) is 2.54. The van der Waals surface area contributed by atoms with E-state index in [0.29, 0.717) is 31.0 Å². The van der Waals surface area contributed by atoms with E-state index in [9.17, 15) is 5.02 Å². The number of methoxy groups -OCH3 is 1. The van der Waals surface area contributed by atoms with E-state index in [1.54, 1.807) is 19.5 Å². The summed E-state index contributed by atoms with van der Waals surface area (Å²) in [7, 11) is 0.912. The number of benzene rings is 1. The summed E-state index contributed by atoms with van der Waals surface area (Å²) >= 11 is 0. The maximum absolute atomic E-state index is 9.52. The molecule has 2 heterocycles. The molecule has 1 aromatic carbocycles. The third kappa shape index (κ3) is 3.68. The third-order valence-corrected chi connectivity index (χ3v) is 3.97. The summed E-state index contributed by atoms with van der Waals surface area (Å²) in [6.07, 6.45) is 4.92. The lowest BCUT2D eigenvalue weighted by Crippen LogP contribution is -2.08. The minimum atomic E-state index is -0.713. The summed E-state index contributed by atoms with van der Waals surface area (Å²) in [5, 5.41) is 9.52. The molecular formula is C17H21BN2O4. The van der Waals surface area contributed by atoms with Crippen molar-refractivity contribution in [3.63, 3.8) is 0 Å². The lowest BCUT2D eigenvalue weighted by atomic mass is 9.81. The van der Waals surface area contributed by atoms with Crippen molar-refractivity contribution in [2.75, 3.05) is 20.3 Å². The molecule has 6 nitrogen and oxygen atoms in total. The number of nitrogens with zero attached hydrogens (tertiary/aromatic N) is 2. The fourth-order valence-electron chi connectivity index (χ4n) is 2.69. The zero-order valence-corrected chi connectivity index (χ0v) is 13.9. The largest absolute Gasteiger partial charge is 0.493 e. The Hall–Kier alpha value is -2.12. The first-order valence-electron chi connectivity index (χ1n) is 8.14. The summed E-state index contributed by atoms with van der Waals surface area (Å²) in [5.41, 5.74) is 2.50. The summed E-state index contributed by atoms with van der Waals surface area (Å²) in [6, 6.07) is 5.73. The molecule has 0 amide bonds. The minimum absolute atomic E-state index is 0.0708. The second-order valence-electron chi connectivity index (χ2n) is 5.76. The van der Waals surface area contributed by atoms with Gasteiger partial charge >= 0.3 is 7.12 Å². The minimum Gasteiger partial charge on any atom is -0.493 e. The van der Waals surface area contributed by atoms with Crippen LogP contribution >= 0.6 is 0 Å². The van der Waals surface area contributed by atoms with Crippen molar-refractivity contribution >= 4 is 7.12 Å². The molecule has 1 aromatic heterocycles. The monoisotopic (exact) mass is 328 g/mol. The molecule has 2 aromatic rings. The molecule has 0 saturated carbocycles. The van der Waals surface area contributed by atoms with Gasteiger partial charge in [-0.2, -0.15) is 0 Å². The fourth-order valence-corrected chi connectivity index (χ4v) is 2.69. The van der Waals surface area contributed by atoms with E-state index in [0.717, 1.165) is 23.4 Å². The Morgan fingerprint density at radius 1 is 1.33 bits per heavy atom. The van der Waals surface area contributed by atoms with Gasteiger partial charge < -0.3 is 19.2 Å². The van der Waals surface area contributed by atoms with Gasteiger partial charge in [0, 0.05) is 24.3 Å². The van der Waals surface area contributed by atoms with Gasteiger partial charge in [-0.1, -0.05) is 6.92 Å². The Labute approximate surface area is 142 Å². The molecule has 3 rings (SSSR count). The molecule has 1 saturated heterocycles. The lowest BCUT2D eigenvalue weighted by Gasteiger charge is -2.13. The van der Waals surface area contributed by atoms with Crippen molar-refractivity contribution in [1.29, 1.82) is 0 Å². The van der Waals surface area contributed by atoms with Gasteiger partial charge in [-0.25, -0.2) is 4.98 Å². The molecular weight excluding hydrogens is 307 g/mol. The summed E-state index contributed by atoms with van der Waals surface area (Å²) < 4.78 is 16.3. The Bertz CT molecular complexity index is 698. The summed E-state index contributed by atoms with van der Waals surface area (Å²) in [4.78, 5) is 8.98. The van der Waals surface area contributed by atoms with Gasteiger partial charge in [-0.05, 0) is 30.9 Å². The molecule has 24 heavy (non-hydrogen) atoms. The number of rotatable bonds is 6. The predicted molar refractivity (Wildman–Crippen MR) is 91.3 cm³/mol. The van der Waals surface area contributed by atoms with Crippen LogP contribution < -0.4 is 9.47 Å². The summed E-state index contributed by atoms with van der Waals surface area (Å²) in [6.45, 7) is 3.15. The molecule has 1 N–H and O–H groups in total. The molecule has 1 fully saturated rings. The molecule has 1 aliphatic rings. The van der Waals surface area contributed by atoms with Gasteiger partial charge in [0.15, 0.2) is 11.5 Å². The number of hydrogen-bond acceptors (Lipinski definition) is 6. The van der Waals surface area contributed by atoms with Crippen LogP contribution in [0.2, 0.25) is 6.32 Å². The second-order valence-corrected chi connectivity index (χ2v) is 5.76. The van der Waals surface area contributed by atoms with Gasteiger partial charge in [-0.3, -0.25) is 4.98 Å². The van der Waals surface area contributed by atoms with Gasteiger partial charge in [0.1, 0.15) is 0 Å². The fraction of sp³-hybridized carbons (Fsp3) is 0.412. The van der Waals surface area contributed by atoms with E-state index < -0.39 is 7.12 Å². The van der Waals surface area contributed by atoms with Crippen molar-refractivity contribution < 1.29 is 19.2 Å². The highest BCUT2D eigenvalue weighted by atomic mass is 16.5. The topological polar surface area (TPSA) is 73.7 Å². The van der Waals surface area contributed by atoms with E-state index in [1.165, 1.54) is 0 Å². The highest BCUT2D eigenvalue weighted by Gasteiger charge is 2.30. The zero-order chi connectivity index (χ0) is 16.9. The van der Waals surface area contributed by atoms with Crippen molar-refractivity contribution in [1.82, 2.24) is 9.97 Å². The quantitative estimate of drug-likeness (QED) is 0.822. The van der Waals surface area contributed by atoms with Gasteiger partial charge in [0.25, 0.3) is 0 Å². The van der Waals surface area contributed by atoms with Crippen molar-refractivity contribution in [3.8, 4) is 22.8 Å². The van der Waals surface area contributed by atoms with E-state index in [2.05, 4.69) is 16.9 Å². The summed E-state index contributed by atoms with van der Waals surface area (Å²) in [5.74, 6) is 1.47. The molecule has 0 radical (unpaired) electrons. The first-order valence-corrected chi connectivity index (χ1v) is 8.14. The zero-order valence-electron chi connectivity index (χ0n) is 13.9. The van der Waals surface area contributed by atoms with Crippen LogP contribution in [0.4, 0.5) is 0 Å². The van der Waals surface area contributed by atoms with Crippen molar-refractivity contribution in [2.24, 2.45) is 0 Å². The highest BCUT2D eigenvalue weighted by Crippen LogP contribution is 2.33. The van der Waals surface area contributed by atoms with Crippen LogP contribution in [0, 0.1) is 0 Å². The average Bonchev–Trinajstić information content (AvgIpc) is 3.06. The Morgan fingerprint density at radius 2 is 2.21 bits per heavy atom. The first kappa shape index (κ1) is 16.7. The smallest absolute Gasteiger partial charge is 0.454 e. The normalized spacial score (nSPS) is 17.1. The standard InChI is InChI=1S/C17H21BN2O4/c1-3-6-23-17-7-12(4-5-16(17)22-2)14-9-19-10-15(20-14)13-8-18(21)24-11-13/h4-5,7,9-10,13,21H,3,6,8,11H2,1-2H3/t13-/m1/s1. The maximum atomic E-state index is 9.52. The molecule has 1 aliphatic heterocycles. The Morgan fingerprint density at radius 3 is 2.92 bits per heavy atom. The third-order valence-electron chi connectivity index (χ3n) is 3.97. The van der Waals surface area contributed by atoms with Gasteiger partial charge in [-0.15, -0.1) is 0 Å². The van der Waals surface area contributed by atoms with Crippen LogP contribution in [-0.4, -0.2) is 42.4 Å². The SMILES string of the molecule is CCCOc1cc(-c2cncc([C@H]3COB(O)C3)n2)ccc1OC. The van der Waals surface area contributed by atoms with Crippen LogP contribution in [0.5, 0.6) is 11.5 Å². The van der Waals surface area contributed by atoms with E-state index >= 15 is 0 Å². The van der Waals surface area contributed by atoms with E-state index in [-0.39, 0.29) is 5.92 Å². The lowest BCUT2D eigenvalue weighted by molar-refractivity contribution is 0.291. The average molecular weight is 328 g/mol. The van der Waals surface area contributed by atoms with E-state index in [4.69, 9.17) is 14.1 Å².